The predicted octanol–water partition coefficient (Wildman–Crippen LogP) is 2.51. The van der Waals surface area contributed by atoms with E-state index in [1.54, 1.807) is 12.1 Å². The first-order chi connectivity index (χ1) is 8.49. The maximum Gasteiger partial charge on any atom is 0.303 e. The van der Waals surface area contributed by atoms with Crippen LogP contribution in [0.3, 0.4) is 0 Å². The zero-order valence-electron chi connectivity index (χ0n) is 10.1. The van der Waals surface area contributed by atoms with E-state index in [2.05, 4.69) is 5.32 Å². The molecule has 1 rings (SSSR count). The van der Waals surface area contributed by atoms with Gasteiger partial charge in [-0.1, -0.05) is 13.0 Å². The number of hydrogen-bond donors (Lipinski definition) is 2. The van der Waals surface area contributed by atoms with Gasteiger partial charge in [0.05, 0.1) is 4.92 Å². The van der Waals surface area contributed by atoms with Gasteiger partial charge < -0.3 is 10.4 Å². The summed E-state index contributed by atoms with van der Waals surface area (Å²) < 4.78 is 0. The van der Waals surface area contributed by atoms with E-state index in [0.717, 1.165) is 0 Å². The Labute approximate surface area is 105 Å². The van der Waals surface area contributed by atoms with E-state index in [9.17, 15) is 14.9 Å². The third-order valence-corrected chi connectivity index (χ3v) is 2.56. The second-order valence-electron chi connectivity index (χ2n) is 4.23. The van der Waals surface area contributed by atoms with E-state index in [0.29, 0.717) is 18.7 Å². The lowest BCUT2D eigenvalue weighted by Gasteiger charge is -2.12. The average molecular weight is 252 g/mol. The third kappa shape index (κ3) is 4.82. The summed E-state index contributed by atoms with van der Waals surface area (Å²) in [6.45, 7) is 2.53. The van der Waals surface area contributed by atoms with Crippen molar-refractivity contribution < 1.29 is 14.8 Å². The van der Waals surface area contributed by atoms with Crippen LogP contribution < -0.4 is 5.32 Å². The Hall–Kier alpha value is -2.11. The van der Waals surface area contributed by atoms with Crippen LogP contribution in [0, 0.1) is 16.0 Å². The van der Waals surface area contributed by atoms with Crippen molar-refractivity contribution in [2.24, 2.45) is 5.92 Å². The number of nitro benzene ring substituents is 1. The van der Waals surface area contributed by atoms with Crippen LogP contribution in [0.5, 0.6) is 0 Å². The molecule has 0 saturated carbocycles. The molecule has 0 heterocycles. The SMILES string of the molecule is CC(CCC(=O)O)CNc1cccc([N+](=O)[O-])c1. The van der Waals surface area contributed by atoms with E-state index >= 15 is 0 Å². The highest BCUT2D eigenvalue weighted by molar-refractivity contribution is 5.66. The molecular weight excluding hydrogens is 236 g/mol. The molecule has 18 heavy (non-hydrogen) atoms. The maximum atomic E-state index is 10.6. The molecule has 0 bridgehead atoms. The number of hydrogen-bond acceptors (Lipinski definition) is 4. The second kappa shape index (κ2) is 6.58. The number of carboxylic acids is 1. The number of carbonyl (C=O) groups is 1. The number of nitrogens with zero attached hydrogens (tertiary/aromatic N) is 1. The summed E-state index contributed by atoms with van der Waals surface area (Å²) in [6.07, 6.45) is 0.717. The van der Waals surface area contributed by atoms with Crippen LogP contribution in [-0.4, -0.2) is 22.5 Å². The molecule has 2 N–H and O–H groups in total. The van der Waals surface area contributed by atoms with Crippen LogP contribution in [0.1, 0.15) is 19.8 Å². The molecule has 0 aliphatic heterocycles. The first kappa shape index (κ1) is 14.0. The molecule has 0 saturated heterocycles. The number of nitrogens with one attached hydrogen (secondary N) is 1. The Kier molecular flexibility index (Phi) is 5.10. The molecule has 0 radical (unpaired) electrons. The normalized spacial score (nSPS) is 11.8. The van der Waals surface area contributed by atoms with Crippen molar-refractivity contribution in [3.63, 3.8) is 0 Å². The fourth-order valence-corrected chi connectivity index (χ4v) is 1.49. The topological polar surface area (TPSA) is 92.5 Å². The highest BCUT2D eigenvalue weighted by Gasteiger charge is 2.08. The second-order valence-corrected chi connectivity index (χ2v) is 4.23. The van der Waals surface area contributed by atoms with Crippen LogP contribution in [0.25, 0.3) is 0 Å². The van der Waals surface area contributed by atoms with E-state index in [4.69, 9.17) is 5.11 Å². The largest absolute Gasteiger partial charge is 0.481 e. The number of nitro groups is 1. The zero-order chi connectivity index (χ0) is 13.5. The summed E-state index contributed by atoms with van der Waals surface area (Å²) in [7, 11) is 0. The number of anilines is 1. The van der Waals surface area contributed by atoms with Gasteiger partial charge in [-0.15, -0.1) is 0 Å². The summed E-state index contributed by atoms with van der Waals surface area (Å²) in [6, 6.07) is 6.25. The Balaban J connectivity index is 2.45. The van der Waals surface area contributed by atoms with Crippen LogP contribution >= 0.6 is 0 Å². The van der Waals surface area contributed by atoms with Crippen LogP contribution in [0.4, 0.5) is 11.4 Å². The molecule has 6 nitrogen and oxygen atoms in total. The van der Waals surface area contributed by atoms with Gasteiger partial charge in [0.1, 0.15) is 0 Å². The number of rotatable bonds is 7. The van der Waals surface area contributed by atoms with Gasteiger partial charge in [-0.3, -0.25) is 14.9 Å². The number of carboxylic acid groups (broad SMARTS) is 1. The van der Waals surface area contributed by atoms with Crippen molar-refractivity contribution in [1.29, 1.82) is 0 Å². The van der Waals surface area contributed by atoms with Crippen LogP contribution in [0.2, 0.25) is 0 Å². The summed E-state index contributed by atoms with van der Waals surface area (Å²) in [5, 5.41) is 22.2. The molecule has 0 amide bonds. The van der Waals surface area contributed by atoms with E-state index in [1.807, 2.05) is 6.92 Å². The minimum absolute atomic E-state index is 0.0400. The Morgan fingerprint density at radius 2 is 2.28 bits per heavy atom. The van der Waals surface area contributed by atoms with Crippen molar-refractivity contribution in [3.05, 3.63) is 34.4 Å². The Morgan fingerprint density at radius 3 is 2.89 bits per heavy atom. The van der Waals surface area contributed by atoms with Crippen molar-refractivity contribution >= 4 is 17.3 Å². The number of benzene rings is 1. The average Bonchev–Trinajstić information content (AvgIpc) is 2.34. The monoisotopic (exact) mass is 252 g/mol. The summed E-state index contributed by atoms with van der Waals surface area (Å²) in [4.78, 5) is 20.5. The lowest BCUT2D eigenvalue weighted by molar-refractivity contribution is -0.384. The highest BCUT2D eigenvalue weighted by atomic mass is 16.6. The molecule has 6 heteroatoms. The summed E-state index contributed by atoms with van der Waals surface area (Å²) in [5.41, 5.74) is 0.713. The molecule has 0 aromatic heterocycles. The van der Waals surface area contributed by atoms with Crippen LogP contribution in [-0.2, 0) is 4.79 Å². The fourth-order valence-electron chi connectivity index (χ4n) is 1.49. The molecule has 0 aliphatic rings. The van der Waals surface area contributed by atoms with Gasteiger partial charge in [-0.2, -0.15) is 0 Å². The quantitative estimate of drug-likeness (QED) is 0.574. The Morgan fingerprint density at radius 1 is 1.56 bits per heavy atom. The van der Waals surface area contributed by atoms with Crippen molar-refractivity contribution in [2.75, 3.05) is 11.9 Å². The van der Waals surface area contributed by atoms with Gasteiger partial charge in [0.25, 0.3) is 5.69 Å². The van der Waals surface area contributed by atoms with Crippen molar-refractivity contribution in [2.45, 2.75) is 19.8 Å². The van der Waals surface area contributed by atoms with E-state index < -0.39 is 10.9 Å². The van der Waals surface area contributed by atoms with E-state index in [-0.39, 0.29) is 18.0 Å². The molecule has 0 fully saturated rings. The van der Waals surface area contributed by atoms with Gasteiger partial charge >= 0.3 is 5.97 Å². The molecular formula is C12H16N2O4. The Bertz CT molecular complexity index is 434. The highest BCUT2D eigenvalue weighted by Crippen LogP contribution is 2.17. The van der Waals surface area contributed by atoms with Gasteiger partial charge in [0.15, 0.2) is 0 Å². The minimum atomic E-state index is -0.808. The smallest absolute Gasteiger partial charge is 0.303 e. The van der Waals surface area contributed by atoms with Crippen molar-refractivity contribution in [3.8, 4) is 0 Å². The molecule has 1 aromatic carbocycles. The van der Waals surface area contributed by atoms with Crippen LogP contribution in [0.15, 0.2) is 24.3 Å². The predicted molar refractivity (Wildman–Crippen MR) is 67.6 cm³/mol. The molecule has 1 unspecified atom stereocenters. The molecule has 1 aromatic rings. The summed E-state index contributed by atoms with van der Waals surface area (Å²) >= 11 is 0. The molecule has 98 valence electrons. The van der Waals surface area contributed by atoms with E-state index in [1.165, 1.54) is 12.1 Å². The lowest BCUT2D eigenvalue weighted by atomic mass is 10.1. The van der Waals surface area contributed by atoms with Gasteiger partial charge in [-0.05, 0) is 18.4 Å². The summed E-state index contributed by atoms with van der Waals surface area (Å²) in [5.74, 6) is -0.613. The van der Waals surface area contributed by atoms with Gasteiger partial charge in [-0.25, -0.2) is 0 Å². The van der Waals surface area contributed by atoms with Gasteiger partial charge in [0.2, 0.25) is 0 Å². The third-order valence-electron chi connectivity index (χ3n) is 2.56. The number of non-ortho nitro benzene ring substituents is 1. The van der Waals surface area contributed by atoms with Gasteiger partial charge in [0, 0.05) is 30.8 Å². The standard InChI is InChI=1S/C12H16N2O4/c1-9(5-6-12(15)16)8-13-10-3-2-4-11(7-10)14(17)18/h2-4,7,9,13H,5-6,8H2,1H3,(H,15,16). The maximum absolute atomic E-state index is 10.6. The molecule has 0 spiro atoms. The molecule has 0 aliphatic carbocycles. The zero-order valence-corrected chi connectivity index (χ0v) is 10.1. The first-order valence-corrected chi connectivity index (χ1v) is 5.69. The lowest BCUT2D eigenvalue weighted by Crippen LogP contribution is -2.12. The molecule has 1 atom stereocenters. The first-order valence-electron chi connectivity index (χ1n) is 5.69. The number of aliphatic carboxylic acids is 1. The van der Waals surface area contributed by atoms with Crippen molar-refractivity contribution in [1.82, 2.24) is 0 Å². The fraction of sp³-hybridized carbons (Fsp3) is 0.417. The minimum Gasteiger partial charge on any atom is -0.481 e.